The van der Waals surface area contributed by atoms with E-state index < -0.39 is 5.91 Å². The first-order valence-corrected chi connectivity index (χ1v) is 13.0. The second kappa shape index (κ2) is 13.9. The molecule has 2 aromatic carbocycles. The highest BCUT2D eigenvalue weighted by molar-refractivity contribution is 7.98. The van der Waals surface area contributed by atoms with E-state index in [1.807, 2.05) is 42.7 Å². The molecular weight excluding hydrogens is 512 g/mol. The van der Waals surface area contributed by atoms with Gasteiger partial charge >= 0.3 is 0 Å². The summed E-state index contributed by atoms with van der Waals surface area (Å²) >= 11 is 2.41. The summed E-state index contributed by atoms with van der Waals surface area (Å²) in [6.45, 7) is 4.35. The largest absolute Gasteiger partial charge is 0.493 e. The Hall–Kier alpha value is -4.01. The van der Waals surface area contributed by atoms with Crippen LogP contribution in [0, 0.1) is 11.3 Å². The molecule has 0 radical (unpaired) electrons. The molecule has 1 aromatic heterocycles. The van der Waals surface area contributed by atoms with E-state index in [2.05, 4.69) is 21.3 Å². The second-order valence-electron chi connectivity index (χ2n) is 7.26. The van der Waals surface area contributed by atoms with Crippen molar-refractivity contribution in [1.29, 1.82) is 5.26 Å². The minimum Gasteiger partial charge on any atom is -0.493 e. The van der Waals surface area contributed by atoms with Crippen LogP contribution in [0.1, 0.15) is 11.1 Å². The number of aromatic nitrogens is 2. The van der Waals surface area contributed by atoms with Gasteiger partial charge in [-0.3, -0.25) is 10.1 Å². The van der Waals surface area contributed by atoms with E-state index in [1.165, 1.54) is 24.9 Å². The summed E-state index contributed by atoms with van der Waals surface area (Å²) in [5.41, 5.74) is 1.29. The zero-order chi connectivity index (χ0) is 26.6. The summed E-state index contributed by atoms with van der Waals surface area (Å²) in [5.74, 6) is 1.66. The number of allylic oxidation sites excluding steroid dienone is 1. The van der Waals surface area contributed by atoms with Crippen molar-refractivity contribution in [2.45, 2.75) is 11.6 Å². The van der Waals surface area contributed by atoms with Gasteiger partial charge in [-0.2, -0.15) is 14.6 Å². The van der Waals surface area contributed by atoms with Crippen LogP contribution in [0.5, 0.6) is 23.0 Å². The van der Waals surface area contributed by atoms with Gasteiger partial charge < -0.3 is 18.9 Å². The van der Waals surface area contributed by atoms with Crippen LogP contribution in [0.3, 0.4) is 0 Å². The minimum atomic E-state index is -0.579. The zero-order valence-corrected chi connectivity index (χ0v) is 22.3. The molecule has 1 amide bonds. The lowest BCUT2D eigenvalue weighted by Crippen LogP contribution is -2.13. The summed E-state index contributed by atoms with van der Waals surface area (Å²) in [5, 5.41) is 13.1. The van der Waals surface area contributed by atoms with Crippen LogP contribution in [0.25, 0.3) is 6.08 Å². The van der Waals surface area contributed by atoms with Crippen LogP contribution in [0.15, 0.2) is 59.8 Å². The van der Waals surface area contributed by atoms with Crippen molar-refractivity contribution < 1.29 is 23.7 Å². The van der Waals surface area contributed by atoms with Gasteiger partial charge in [-0.1, -0.05) is 30.0 Å². The molecule has 3 rings (SSSR count). The van der Waals surface area contributed by atoms with Crippen molar-refractivity contribution in [2.75, 3.05) is 39.0 Å². The van der Waals surface area contributed by atoms with Crippen molar-refractivity contribution >= 4 is 40.4 Å². The van der Waals surface area contributed by atoms with Crippen molar-refractivity contribution in [3.05, 3.63) is 65.8 Å². The Bertz CT molecular complexity index is 1320. The fourth-order valence-corrected chi connectivity index (χ4v) is 4.37. The van der Waals surface area contributed by atoms with E-state index in [0.717, 1.165) is 17.1 Å². The van der Waals surface area contributed by atoms with Gasteiger partial charge in [-0.15, -0.1) is 6.58 Å². The number of hydrogen-bond donors (Lipinski definition) is 1. The number of carbonyl (C=O) groups is 1. The van der Waals surface area contributed by atoms with E-state index in [0.29, 0.717) is 45.3 Å². The first-order chi connectivity index (χ1) is 18.0. The third-order valence-electron chi connectivity index (χ3n) is 4.88. The number of nitrogens with zero attached hydrogens (tertiary/aromatic N) is 3. The van der Waals surface area contributed by atoms with Gasteiger partial charge in [0.2, 0.25) is 10.3 Å². The number of carbonyl (C=O) groups excluding carboxylic acids is 1. The fourth-order valence-electron chi connectivity index (χ4n) is 3.25. The van der Waals surface area contributed by atoms with Gasteiger partial charge in [-0.25, -0.2) is 0 Å². The Morgan fingerprint density at radius 3 is 2.54 bits per heavy atom. The maximum atomic E-state index is 12.7. The SMILES string of the molecule is C=CCc1cc(/C=C(/C#N)C(=O)Nc2nc(SC)ns2)cc(OC)c1OCCOc1ccccc1OC. The molecule has 0 fully saturated rings. The van der Waals surface area contributed by atoms with Crippen molar-refractivity contribution in [2.24, 2.45) is 0 Å². The topological polar surface area (TPSA) is 116 Å². The number of para-hydroxylation sites is 2. The molecule has 0 aliphatic heterocycles. The predicted molar refractivity (Wildman–Crippen MR) is 145 cm³/mol. The van der Waals surface area contributed by atoms with Crippen LogP contribution in [0.2, 0.25) is 0 Å². The van der Waals surface area contributed by atoms with Gasteiger partial charge in [0.25, 0.3) is 5.91 Å². The molecule has 0 bridgehead atoms. The Balaban J connectivity index is 1.77. The highest BCUT2D eigenvalue weighted by atomic mass is 32.2. The normalized spacial score (nSPS) is 10.8. The molecule has 0 aliphatic carbocycles. The van der Waals surface area contributed by atoms with E-state index in [9.17, 15) is 10.1 Å². The van der Waals surface area contributed by atoms with E-state index in [4.69, 9.17) is 18.9 Å². The van der Waals surface area contributed by atoms with Gasteiger partial charge in [0, 0.05) is 17.1 Å². The molecule has 0 unspecified atom stereocenters. The molecule has 0 saturated heterocycles. The molecule has 0 spiro atoms. The lowest BCUT2D eigenvalue weighted by molar-refractivity contribution is -0.112. The average molecular weight is 539 g/mol. The number of amides is 1. The molecule has 9 nitrogen and oxygen atoms in total. The Morgan fingerprint density at radius 1 is 1.16 bits per heavy atom. The van der Waals surface area contributed by atoms with Gasteiger partial charge in [0.15, 0.2) is 23.0 Å². The predicted octanol–water partition coefficient (Wildman–Crippen LogP) is 5.01. The minimum absolute atomic E-state index is 0.0913. The number of thioether (sulfide) groups is 1. The first-order valence-electron chi connectivity index (χ1n) is 11.0. The highest BCUT2D eigenvalue weighted by Crippen LogP contribution is 2.34. The maximum Gasteiger partial charge on any atom is 0.268 e. The van der Waals surface area contributed by atoms with Crippen LogP contribution >= 0.6 is 23.3 Å². The lowest BCUT2D eigenvalue weighted by atomic mass is 10.0. The van der Waals surface area contributed by atoms with E-state index >= 15 is 0 Å². The maximum absolute atomic E-state index is 12.7. The zero-order valence-electron chi connectivity index (χ0n) is 20.6. The van der Waals surface area contributed by atoms with E-state index in [-0.39, 0.29) is 18.8 Å². The Morgan fingerprint density at radius 2 is 1.89 bits per heavy atom. The van der Waals surface area contributed by atoms with Crippen LogP contribution in [-0.4, -0.2) is 49.0 Å². The third-order valence-corrected chi connectivity index (χ3v) is 6.17. The molecule has 0 aliphatic rings. The number of ether oxygens (including phenoxy) is 4. The van der Waals surface area contributed by atoms with Crippen molar-refractivity contribution in [3.8, 4) is 29.1 Å². The van der Waals surface area contributed by atoms with Crippen molar-refractivity contribution in [1.82, 2.24) is 9.36 Å². The smallest absolute Gasteiger partial charge is 0.268 e. The summed E-state index contributed by atoms with van der Waals surface area (Å²) in [6, 6.07) is 12.8. The first kappa shape index (κ1) is 27.6. The van der Waals surface area contributed by atoms with Gasteiger partial charge in [0.1, 0.15) is 24.9 Å². The number of anilines is 1. The standard InChI is InChI=1S/C26H26N4O5S2/c1-5-8-18-13-17(14-19(16-27)24(31)28-25-29-26(36-4)30-37-25)15-22(33-3)23(18)35-12-11-34-21-10-7-6-9-20(21)32-2/h5-7,9-10,13-15H,1,8,11-12H2,2-4H3,(H,28,29,30,31)/b19-14-. The van der Waals surface area contributed by atoms with E-state index in [1.54, 1.807) is 19.3 Å². The molecule has 0 atom stereocenters. The number of methoxy groups -OCH3 is 2. The number of rotatable bonds is 13. The quantitative estimate of drug-likeness (QED) is 0.105. The summed E-state index contributed by atoms with van der Waals surface area (Å²) in [6.07, 6.45) is 5.53. The molecular formula is C26H26N4O5S2. The summed E-state index contributed by atoms with van der Waals surface area (Å²) < 4.78 is 26.8. The van der Waals surface area contributed by atoms with Crippen molar-refractivity contribution in [3.63, 3.8) is 0 Å². The number of benzene rings is 2. The fraction of sp³-hybridized carbons (Fsp3) is 0.231. The second-order valence-corrected chi connectivity index (χ2v) is 8.79. The molecule has 192 valence electrons. The summed E-state index contributed by atoms with van der Waals surface area (Å²) in [7, 11) is 3.11. The molecule has 11 heteroatoms. The lowest BCUT2D eigenvalue weighted by Gasteiger charge is -2.16. The third kappa shape index (κ3) is 7.49. The van der Waals surface area contributed by atoms with Crippen LogP contribution in [-0.2, 0) is 11.2 Å². The van der Waals surface area contributed by atoms with Crippen LogP contribution < -0.4 is 24.3 Å². The monoisotopic (exact) mass is 538 g/mol. The number of nitrogens with one attached hydrogen (secondary N) is 1. The molecule has 0 saturated carbocycles. The molecule has 1 N–H and O–H groups in total. The molecule has 1 heterocycles. The average Bonchev–Trinajstić information content (AvgIpc) is 3.38. The van der Waals surface area contributed by atoms with Gasteiger partial charge in [0.05, 0.1) is 14.2 Å². The number of nitriles is 1. The Kier molecular flexibility index (Phi) is 10.4. The van der Waals surface area contributed by atoms with Gasteiger partial charge in [-0.05, 0) is 48.6 Å². The highest BCUT2D eigenvalue weighted by Gasteiger charge is 2.16. The van der Waals surface area contributed by atoms with Crippen LogP contribution in [0.4, 0.5) is 5.13 Å². The molecule has 37 heavy (non-hydrogen) atoms. The Labute approximate surface area is 223 Å². The number of hydrogen-bond acceptors (Lipinski definition) is 10. The molecule has 3 aromatic rings. The summed E-state index contributed by atoms with van der Waals surface area (Å²) in [4.78, 5) is 16.8.